The normalized spacial score (nSPS) is 11.6. The standard InChI is InChI=1S/C52H33N3O/c1-5-17-34(18-6-1)43-31-38(46-33-45(36-21-9-3-10-22-36)53-52(54-46)37-23-11-4-12-24-37)32-44(35-19-7-2-8-20-35)49(43)55-47-27-15-13-25-39(47)41-29-30-42-40-26-14-16-28-48(40)56-51(42)50(41)55/h1-33H. The summed E-state index contributed by atoms with van der Waals surface area (Å²) in [6, 6.07) is 70.2. The Morgan fingerprint density at radius 2 is 0.875 bits per heavy atom. The van der Waals surface area contributed by atoms with Gasteiger partial charge in [0.05, 0.1) is 28.1 Å². The number of hydrogen-bond acceptors (Lipinski definition) is 3. The summed E-state index contributed by atoms with van der Waals surface area (Å²) in [4.78, 5) is 10.4. The van der Waals surface area contributed by atoms with E-state index in [1.54, 1.807) is 0 Å². The van der Waals surface area contributed by atoms with Crippen molar-refractivity contribution in [1.82, 2.24) is 14.5 Å². The third-order valence-corrected chi connectivity index (χ3v) is 10.8. The molecule has 56 heavy (non-hydrogen) atoms. The molecule has 0 radical (unpaired) electrons. The van der Waals surface area contributed by atoms with E-state index in [1.165, 1.54) is 5.39 Å². The first-order valence-corrected chi connectivity index (χ1v) is 18.9. The lowest BCUT2D eigenvalue weighted by atomic mass is 9.91. The second-order valence-electron chi connectivity index (χ2n) is 14.1. The Hall–Kier alpha value is -7.56. The van der Waals surface area contributed by atoms with Crippen molar-refractivity contribution in [2.45, 2.75) is 0 Å². The number of fused-ring (bicyclic) bond motifs is 7. The quantitative estimate of drug-likeness (QED) is 0.172. The van der Waals surface area contributed by atoms with Crippen LogP contribution < -0.4 is 0 Å². The van der Waals surface area contributed by atoms with Gasteiger partial charge in [-0.05, 0) is 47.5 Å². The Morgan fingerprint density at radius 3 is 1.52 bits per heavy atom. The highest BCUT2D eigenvalue weighted by Gasteiger charge is 2.25. The van der Waals surface area contributed by atoms with Crippen LogP contribution in [-0.4, -0.2) is 14.5 Å². The van der Waals surface area contributed by atoms with E-state index in [1.807, 2.05) is 30.3 Å². The third kappa shape index (κ3) is 5.23. The molecule has 0 N–H and O–H groups in total. The number of para-hydroxylation sites is 2. The number of rotatable bonds is 6. The maximum atomic E-state index is 6.81. The number of nitrogens with zero attached hydrogens (tertiary/aromatic N) is 3. The van der Waals surface area contributed by atoms with E-state index in [4.69, 9.17) is 14.4 Å². The molecule has 0 aliphatic rings. The number of aromatic nitrogens is 3. The van der Waals surface area contributed by atoms with Crippen LogP contribution in [0.4, 0.5) is 0 Å². The highest BCUT2D eigenvalue weighted by Crippen LogP contribution is 2.46. The van der Waals surface area contributed by atoms with Crippen LogP contribution in [0.3, 0.4) is 0 Å². The largest absolute Gasteiger partial charge is 0.454 e. The molecular formula is C52H33N3O. The van der Waals surface area contributed by atoms with Crippen molar-refractivity contribution in [1.29, 1.82) is 0 Å². The second-order valence-corrected chi connectivity index (χ2v) is 14.1. The van der Waals surface area contributed by atoms with E-state index in [0.29, 0.717) is 5.82 Å². The molecule has 0 aliphatic carbocycles. The molecule has 3 aromatic heterocycles. The molecule has 262 valence electrons. The predicted octanol–water partition coefficient (Wildman–Crippen LogP) is 13.8. The van der Waals surface area contributed by atoms with Gasteiger partial charge in [0.15, 0.2) is 11.4 Å². The number of hydrogen-bond donors (Lipinski definition) is 0. The maximum absolute atomic E-state index is 6.81. The fraction of sp³-hybridized carbons (Fsp3) is 0. The van der Waals surface area contributed by atoms with Gasteiger partial charge in [-0.1, -0.05) is 164 Å². The Morgan fingerprint density at radius 1 is 0.375 bits per heavy atom. The molecule has 4 nitrogen and oxygen atoms in total. The van der Waals surface area contributed by atoms with Gasteiger partial charge in [0.25, 0.3) is 0 Å². The SMILES string of the molecule is c1ccc(-c2cc(-c3cc(-c4ccccc4)c(-n4c5ccccc5c5ccc6c7ccccc7oc6c54)c(-c4ccccc4)c3)nc(-c3ccccc3)n2)cc1. The smallest absolute Gasteiger partial charge is 0.160 e. The summed E-state index contributed by atoms with van der Waals surface area (Å²) in [6.45, 7) is 0. The molecule has 0 unspecified atom stereocenters. The molecule has 11 rings (SSSR count). The molecular weight excluding hydrogens is 683 g/mol. The first kappa shape index (κ1) is 31.9. The van der Waals surface area contributed by atoms with Gasteiger partial charge < -0.3 is 8.98 Å². The van der Waals surface area contributed by atoms with Gasteiger partial charge >= 0.3 is 0 Å². The number of benzene rings is 8. The lowest BCUT2D eigenvalue weighted by Gasteiger charge is -2.21. The molecule has 0 atom stereocenters. The maximum Gasteiger partial charge on any atom is 0.160 e. The van der Waals surface area contributed by atoms with Gasteiger partial charge in [-0.3, -0.25) is 0 Å². The van der Waals surface area contributed by atoms with E-state index in [0.717, 1.165) is 94.4 Å². The van der Waals surface area contributed by atoms with Crippen LogP contribution in [0.25, 0.3) is 106 Å². The molecule has 8 aromatic carbocycles. The molecule has 0 bridgehead atoms. The Bertz CT molecular complexity index is 3100. The zero-order chi connectivity index (χ0) is 37.0. The van der Waals surface area contributed by atoms with Crippen molar-refractivity contribution in [2.75, 3.05) is 0 Å². The van der Waals surface area contributed by atoms with Crippen LogP contribution in [0, 0.1) is 0 Å². The Kier molecular flexibility index (Phi) is 7.46. The van der Waals surface area contributed by atoms with E-state index < -0.39 is 0 Å². The summed E-state index contributed by atoms with van der Waals surface area (Å²) in [5.74, 6) is 0.684. The van der Waals surface area contributed by atoms with Crippen LogP contribution in [0.1, 0.15) is 0 Å². The van der Waals surface area contributed by atoms with Crippen molar-refractivity contribution in [3.8, 4) is 61.8 Å². The molecule has 0 saturated heterocycles. The monoisotopic (exact) mass is 715 g/mol. The zero-order valence-corrected chi connectivity index (χ0v) is 30.3. The third-order valence-electron chi connectivity index (χ3n) is 10.8. The molecule has 3 heterocycles. The van der Waals surface area contributed by atoms with E-state index >= 15 is 0 Å². The topological polar surface area (TPSA) is 43.9 Å². The lowest BCUT2D eigenvalue weighted by Crippen LogP contribution is -2.03. The summed E-state index contributed by atoms with van der Waals surface area (Å²) >= 11 is 0. The zero-order valence-electron chi connectivity index (χ0n) is 30.3. The van der Waals surface area contributed by atoms with Crippen LogP contribution in [0.2, 0.25) is 0 Å². The molecule has 0 fully saturated rings. The Balaban J connectivity index is 1.29. The average Bonchev–Trinajstić information content (AvgIpc) is 3.83. The van der Waals surface area contributed by atoms with E-state index in [2.05, 4.69) is 174 Å². The van der Waals surface area contributed by atoms with Crippen molar-refractivity contribution in [3.63, 3.8) is 0 Å². The van der Waals surface area contributed by atoms with Gasteiger partial charge in [-0.15, -0.1) is 0 Å². The molecule has 0 amide bonds. The molecule has 0 saturated carbocycles. The minimum absolute atomic E-state index is 0.684. The first-order valence-electron chi connectivity index (χ1n) is 18.9. The molecule has 4 heteroatoms. The summed E-state index contributed by atoms with van der Waals surface area (Å²) < 4.78 is 9.25. The molecule has 0 aliphatic heterocycles. The minimum atomic E-state index is 0.684. The summed E-state index contributed by atoms with van der Waals surface area (Å²) in [5, 5.41) is 4.52. The fourth-order valence-corrected chi connectivity index (χ4v) is 8.23. The highest BCUT2D eigenvalue weighted by atomic mass is 16.3. The van der Waals surface area contributed by atoms with Gasteiger partial charge in [-0.25, -0.2) is 9.97 Å². The van der Waals surface area contributed by atoms with E-state index in [-0.39, 0.29) is 0 Å². The summed E-state index contributed by atoms with van der Waals surface area (Å²) in [5.41, 5.74) is 14.1. The van der Waals surface area contributed by atoms with Gasteiger partial charge in [-0.2, -0.15) is 0 Å². The van der Waals surface area contributed by atoms with Gasteiger partial charge in [0, 0.05) is 49.4 Å². The number of furan rings is 1. The van der Waals surface area contributed by atoms with Gasteiger partial charge in [0.2, 0.25) is 0 Å². The van der Waals surface area contributed by atoms with Crippen LogP contribution in [0.5, 0.6) is 0 Å². The van der Waals surface area contributed by atoms with Crippen LogP contribution in [0.15, 0.2) is 205 Å². The van der Waals surface area contributed by atoms with Gasteiger partial charge in [0.1, 0.15) is 5.58 Å². The fourth-order valence-electron chi connectivity index (χ4n) is 8.23. The molecule has 0 spiro atoms. The Labute approximate surface area is 323 Å². The minimum Gasteiger partial charge on any atom is -0.454 e. The summed E-state index contributed by atoms with van der Waals surface area (Å²) in [7, 11) is 0. The van der Waals surface area contributed by atoms with Crippen molar-refractivity contribution < 1.29 is 4.42 Å². The van der Waals surface area contributed by atoms with Crippen molar-refractivity contribution in [2.24, 2.45) is 0 Å². The van der Waals surface area contributed by atoms with Crippen LogP contribution in [-0.2, 0) is 0 Å². The average molecular weight is 716 g/mol. The van der Waals surface area contributed by atoms with Crippen molar-refractivity contribution >= 4 is 43.7 Å². The van der Waals surface area contributed by atoms with Crippen molar-refractivity contribution in [3.05, 3.63) is 200 Å². The summed E-state index contributed by atoms with van der Waals surface area (Å²) in [6.07, 6.45) is 0. The van der Waals surface area contributed by atoms with E-state index in [9.17, 15) is 0 Å². The second kappa shape index (κ2) is 13.1. The van der Waals surface area contributed by atoms with Crippen LogP contribution >= 0.6 is 0 Å². The first-order chi connectivity index (χ1) is 27.8. The predicted molar refractivity (Wildman–Crippen MR) is 231 cm³/mol. The highest BCUT2D eigenvalue weighted by molar-refractivity contribution is 6.22. The lowest BCUT2D eigenvalue weighted by molar-refractivity contribution is 0.671. The molecule has 11 aromatic rings.